The van der Waals surface area contributed by atoms with E-state index < -0.39 is 0 Å². The third-order valence-corrected chi connectivity index (χ3v) is 3.31. The Morgan fingerprint density at radius 2 is 1.88 bits per heavy atom. The first-order chi connectivity index (χ1) is 11.7. The molecular weight excluding hydrogens is 310 g/mol. The summed E-state index contributed by atoms with van der Waals surface area (Å²) in [5.74, 6) is 0.826. The van der Waals surface area contributed by atoms with Crippen LogP contribution in [0.5, 0.6) is 11.6 Å². The van der Waals surface area contributed by atoms with E-state index in [-0.39, 0.29) is 11.6 Å². The Morgan fingerprint density at radius 1 is 1.08 bits per heavy atom. The van der Waals surface area contributed by atoms with E-state index in [4.69, 9.17) is 9.47 Å². The molecule has 24 heavy (non-hydrogen) atoms. The van der Waals surface area contributed by atoms with Gasteiger partial charge in [0.15, 0.2) is 5.71 Å². The number of carbonyl (C=O) groups is 1. The lowest BCUT2D eigenvalue weighted by atomic mass is 10.1. The third kappa shape index (κ3) is 3.17. The molecule has 2 N–H and O–H groups in total. The average Bonchev–Trinajstić information content (AvgIpc) is 3.01. The molecule has 0 unspecified atom stereocenters. The summed E-state index contributed by atoms with van der Waals surface area (Å²) in [6.45, 7) is 0. The number of nitrogens with one attached hydrogen (secondary N) is 2. The van der Waals surface area contributed by atoms with E-state index in [1.807, 2.05) is 0 Å². The zero-order valence-corrected chi connectivity index (χ0v) is 13.1. The lowest BCUT2D eigenvalue weighted by Gasteiger charge is -2.05. The van der Waals surface area contributed by atoms with Gasteiger partial charge < -0.3 is 9.47 Å². The first-order valence-corrected chi connectivity index (χ1v) is 7.08. The number of amides is 1. The summed E-state index contributed by atoms with van der Waals surface area (Å²) in [5, 5.41) is 8.16. The summed E-state index contributed by atoms with van der Waals surface area (Å²) in [6, 6.07) is 10.6. The van der Waals surface area contributed by atoms with Gasteiger partial charge in [0.1, 0.15) is 11.5 Å². The van der Waals surface area contributed by atoms with Crippen molar-refractivity contribution in [3.05, 3.63) is 48.2 Å². The quantitative estimate of drug-likeness (QED) is 0.810. The molecule has 8 nitrogen and oxygen atoms in total. The van der Waals surface area contributed by atoms with E-state index >= 15 is 0 Å². The number of pyridine rings is 1. The predicted molar refractivity (Wildman–Crippen MR) is 89.5 cm³/mol. The van der Waals surface area contributed by atoms with Crippen LogP contribution < -0.4 is 20.3 Å². The van der Waals surface area contributed by atoms with E-state index in [2.05, 4.69) is 26.0 Å². The average molecular weight is 325 g/mol. The van der Waals surface area contributed by atoms with Crippen molar-refractivity contribution in [2.24, 2.45) is 10.2 Å². The second-order valence-corrected chi connectivity index (χ2v) is 4.79. The van der Waals surface area contributed by atoms with Crippen molar-refractivity contribution in [2.45, 2.75) is 0 Å². The molecule has 8 heteroatoms. The van der Waals surface area contributed by atoms with Crippen LogP contribution in [-0.4, -0.2) is 36.5 Å². The van der Waals surface area contributed by atoms with Gasteiger partial charge in [0.05, 0.1) is 19.9 Å². The number of ether oxygens (including phenoxy) is 2. The minimum absolute atomic E-state index is 0.179. The Morgan fingerprint density at radius 3 is 2.50 bits per heavy atom. The molecule has 1 aromatic carbocycles. The second-order valence-electron chi connectivity index (χ2n) is 4.79. The van der Waals surface area contributed by atoms with Gasteiger partial charge in [-0.05, 0) is 30.3 Å². The van der Waals surface area contributed by atoms with Crippen molar-refractivity contribution in [1.82, 2.24) is 10.4 Å². The number of benzene rings is 1. The minimum atomic E-state index is -0.387. The molecule has 1 amide bonds. The standard InChI is InChI=1S/C16H15N5O3/c1-23-12-6-4-11(5-7-12)18-20-15-14(19-21-16(15)22)10-3-8-13(24-2)17-9-10/h3-9,18H,1-2H3,(H,20,21,22). The van der Waals surface area contributed by atoms with Crippen LogP contribution in [0.2, 0.25) is 0 Å². The number of rotatable bonds is 5. The van der Waals surface area contributed by atoms with Crippen molar-refractivity contribution in [3.8, 4) is 11.6 Å². The SMILES string of the molecule is COc1ccc(N/N=C2/C(=O)NN=C2c2ccc(OC)nc2)cc1. The molecule has 0 fully saturated rings. The lowest BCUT2D eigenvalue weighted by molar-refractivity contribution is -0.114. The molecule has 2 aromatic rings. The molecule has 1 aliphatic rings. The smallest absolute Gasteiger partial charge is 0.294 e. The normalized spacial score (nSPS) is 15.0. The van der Waals surface area contributed by atoms with Crippen molar-refractivity contribution in [2.75, 3.05) is 19.6 Å². The van der Waals surface area contributed by atoms with E-state index in [1.165, 1.54) is 7.11 Å². The summed E-state index contributed by atoms with van der Waals surface area (Å²) in [5.41, 5.74) is 7.20. The van der Waals surface area contributed by atoms with Crippen molar-refractivity contribution < 1.29 is 14.3 Å². The highest BCUT2D eigenvalue weighted by Gasteiger charge is 2.26. The molecule has 0 atom stereocenters. The van der Waals surface area contributed by atoms with Gasteiger partial charge in [-0.3, -0.25) is 10.2 Å². The molecule has 3 rings (SSSR count). The first kappa shape index (κ1) is 15.5. The number of hydrazone groups is 2. The number of nitrogens with zero attached hydrogens (tertiary/aromatic N) is 3. The fourth-order valence-electron chi connectivity index (χ4n) is 2.05. The monoisotopic (exact) mass is 325 g/mol. The van der Waals surface area contributed by atoms with Crippen LogP contribution in [0.1, 0.15) is 5.56 Å². The van der Waals surface area contributed by atoms with Crippen LogP contribution in [0.4, 0.5) is 5.69 Å². The maximum absolute atomic E-state index is 11.9. The molecule has 0 saturated carbocycles. The van der Waals surface area contributed by atoms with E-state index in [1.54, 1.807) is 49.7 Å². The van der Waals surface area contributed by atoms with Gasteiger partial charge >= 0.3 is 0 Å². The lowest BCUT2D eigenvalue weighted by Crippen LogP contribution is -2.25. The summed E-state index contributed by atoms with van der Waals surface area (Å²) < 4.78 is 10.1. The first-order valence-electron chi connectivity index (χ1n) is 7.08. The largest absolute Gasteiger partial charge is 0.497 e. The molecule has 122 valence electrons. The van der Waals surface area contributed by atoms with Crippen LogP contribution in [-0.2, 0) is 4.79 Å². The van der Waals surface area contributed by atoms with Crippen LogP contribution in [0.3, 0.4) is 0 Å². The maximum Gasteiger partial charge on any atom is 0.294 e. The predicted octanol–water partition coefficient (Wildman–Crippen LogP) is 1.40. The number of hydrogen-bond donors (Lipinski definition) is 2. The molecule has 0 aliphatic carbocycles. The molecular formula is C16H15N5O3. The van der Waals surface area contributed by atoms with Crippen molar-refractivity contribution >= 4 is 23.0 Å². The van der Waals surface area contributed by atoms with Gasteiger partial charge in [0.2, 0.25) is 5.88 Å². The zero-order chi connectivity index (χ0) is 16.9. The van der Waals surface area contributed by atoms with Crippen molar-refractivity contribution in [3.63, 3.8) is 0 Å². The summed E-state index contributed by atoms with van der Waals surface area (Å²) >= 11 is 0. The fraction of sp³-hybridized carbons (Fsp3) is 0.125. The van der Waals surface area contributed by atoms with E-state index in [0.717, 1.165) is 11.4 Å². The number of anilines is 1. The second kappa shape index (κ2) is 6.78. The Kier molecular flexibility index (Phi) is 4.37. The van der Waals surface area contributed by atoms with Gasteiger partial charge in [-0.15, -0.1) is 0 Å². The van der Waals surface area contributed by atoms with E-state index in [9.17, 15) is 4.79 Å². The number of hydrogen-bond acceptors (Lipinski definition) is 7. The molecule has 0 saturated heterocycles. The fourth-order valence-corrected chi connectivity index (χ4v) is 2.05. The summed E-state index contributed by atoms with van der Waals surface area (Å²) in [7, 11) is 3.13. The zero-order valence-electron chi connectivity index (χ0n) is 13.1. The highest BCUT2D eigenvalue weighted by Crippen LogP contribution is 2.16. The van der Waals surface area contributed by atoms with Crippen molar-refractivity contribution in [1.29, 1.82) is 0 Å². The number of carbonyl (C=O) groups excluding carboxylic acids is 1. The van der Waals surface area contributed by atoms with Crippen LogP contribution >= 0.6 is 0 Å². The Hall–Kier alpha value is -3.42. The minimum Gasteiger partial charge on any atom is -0.497 e. The molecule has 0 spiro atoms. The summed E-state index contributed by atoms with van der Waals surface area (Å²) in [6.07, 6.45) is 1.57. The molecule has 0 radical (unpaired) electrons. The van der Waals surface area contributed by atoms with Gasteiger partial charge in [-0.25, -0.2) is 10.4 Å². The Bertz CT molecular complexity index is 797. The number of aromatic nitrogens is 1. The molecule has 2 heterocycles. The molecule has 1 aromatic heterocycles. The highest BCUT2D eigenvalue weighted by molar-refractivity contribution is 6.72. The molecule has 1 aliphatic heterocycles. The van der Waals surface area contributed by atoms with Crippen LogP contribution in [0, 0.1) is 0 Å². The topological polar surface area (TPSA) is 97.2 Å². The third-order valence-electron chi connectivity index (χ3n) is 3.31. The number of methoxy groups -OCH3 is 2. The van der Waals surface area contributed by atoms with Gasteiger partial charge in [-0.1, -0.05) is 0 Å². The van der Waals surface area contributed by atoms with Crippen LogP contribution in [0.25, 0.3) is 0 Å². The van der Waals surface area contributed by atoms with Gasteiger partial charge in [0.25, 0.3) is 5.91 Å². The van der Waals surface area contributed by atoms with E-state index in [0.29, 0.717) is 17.2 Å². The van der Waals surface area contributed by atoms with Gasteiger partial charge in [0, 0.05) is 17.8 Å². The Labute approximate surface area is 138 Å². The molecule has 0 bridgehead atoms. The summed E-state index contributed by atoms with van der Waals surface area (Å²) in [4.78, 5) is 16.0. The van der Waals surface area contributed by atoms with Gasteiger partial charge in [-0.2, -0.15) is 10.2 Å². The Balaban J connectivity index is 1.81. The highest BCUT2D eigenvalue weighted by atomic mass is 16.5. The maximum atomic E-state index is 11.9. The van der Waals surface area contributed by atoms with Crippen LogP contribution in [0.15, 0.2) is 52.8 Å².